The summed E-state index contributed by atoms with van der Waals surface area (Å²) in [6.45, 7) is 2.91. The zero-order chi connectivity index (χ0) is 13.4. The molecule has 3 rings (SSSR count). The standard InChI is InChI=1S/C14H15N3O2/c15-5-10-3-1-2-4-13(10)16-6-11-8-17(14(18)19)9-12(11)7-16/h1-4,11-12H,6-9H2,(H,18,19). The minimum atomic E-state index is -0.821. The van der Waals surface area contributed by atoms with Gasteiger partial charge in [-0.15, -0.1) is 0 Å². The first-order valence-corrected chi connectivity index (χ1v) is 6.41. The quantitative estimate of drug-likeness (QED) is 0.829. The van der Waals surface area contributed by atoms with E-state index in [1.165, 1.54) is 4.90 Å². The Morgan fingerprint density at radius 2 is 1.84 bits per heavy atom. The highest BCUT2D eigenvalue weighted by Gasteiger charge is 2.42. The van der Waals surface area contributed by atoms with Crippen LogP contribution < -0.4 is 4.90 Å². The number of hydrogen-bond donors (Lipinski definition) is 1. The second-order valence-electron chi connectivity index (χ2n) is 5.24. The lowest BCUT2D eigenvalue weighted by molar-refractivity contribution is 0.153. The fourth-order valence-corrected chi connectivity index (χ4v) is 3.19. The van der Waals surface area contributed by atoms with E-state index in [1.807, 2.05) is 24.3 Å². The molecule has 2 fully saturated rings. The fourth-order valence-electron chi connectivity index (χ4n) is 3.19. The number of nitrogens with zero attached hydrogens (tertiary/aromatic N) is 3. The van der Waals surface area contributed by atoms with Crippen LogP contribution in [0.2, 0.25) is 0 Å². The number of para-hydroxylation sites is 1. The van der Waals surface area contributed by atoms with E-state index in [4.69, 9.17) is 10.4 Å². The molecule has 1 aromatic rings. The van der Waals surface area contributed by atoms with Crippen LogP contribution in [0, 0.1) is 23.2 Å². The highest BCUT2D eigenvalue weighted by molar-refractivity contribution is 5.66. The molecule has 0 aliphatic carbocycles. The number of likely N-dealkylation sites (tertiary alicyclic amines) is 1. The molecular weight excluding hydrogens is 242 g/mol. The Morgan fingerprint density at radius 3 is 2.42 bits per heavy atom. The van der Waals surface area contributed by atoms with E-state index >= 15 is 0 Å². The summed E-state index contributed by atoms with van der Waals surface area (Å²) in [5.41, 5.74) is 1.67. The monoisotopic (exact) mass is 257 g/mol. The summed E-state index contributed by atoms with van der Waals surface area (Å²) in [7, 11) is 0. The molecule has 0 radical (unpaired) electrons. The van der Waals surface area contributed by atoms with Crippen molar-refractivity contribution in [3.8, 4) is 6.07 Å². The van der Waals surface area contributed by atoms with Gasteiger partial charge in [-0.2, -0.15) is 5.26 Å². The first-order valence-electron chi connectivity index (χ1n) is 6.41. The highest BCUT2D eigenvalue weighted by atomic mass is 16.4. The van der Waals surface area contributed by atoms with Crippen LogP contribution >= 0.6 is 0 Å². The molecule has 1 amide bonds. The zero-order valence-corrected chi connectivity index (χ0v) is 10.5. The number of anilines is 1. The summed E-state index contributed by atoms with van der Waals surface area (Å²) in [6.07, 6.45) is -0.821. The molecule has 19 heavy (non-hydrogen) atoms. The zero-order valence-electron chi connectivity index (χ0n) is 10.5. The summed E-state index contributed by atoms with van der Waals surface area (Å²) in [4.78, 5) is 14.7. The van der Waals surface area contributed by atoms with Crippen LogP contribution in [0.4, 0.5) is 10.5 Å². The molecule has 2 atom stereocenters. The first kappa shape index (κ1) is 11.8. The summed E-state index contributed by atoms with van der Waals surface area (Å²) < 4.78 is 0. The van der Waals surface area contributed by atoms with Crippen molar-refractivity contribution in [1.29, 1.82) is 5.26 Å². The Morgan fingerprint density at radius 1 is 1.21 bits per heavy atom. The molecular formula is C14H15N3O2. The Hall–Kier alpha value is -2.22. The van der Waals surface area contributed by atoms with Gasteiger partial charge >= 0.3 is 6.09 Å². The lowest BCUT2D eigenvalue weighted by Gasteiger charge is -2.22. The van der Waals surface area contributed by atoms with Crippen LogP contribution in [0.5, 0.6) is 0 Å². The van der Waals surface area contributed by atoms with Crippen molar-refractivity contribution >= 4 is 11.8 Å². The minimum Gasteiger partial charge on any atom is -0.465 e. The molecule has 2 aliphatic heterocycles. The molecule has 5 nitrogen and oxygen atoms in total. The number of rotatable bonds is 1. The molecule has 2 unspecified atom stereocenters. The van der Waals surface area contributed by atoms with Gasteiger partial charge in [0.1, 0.15) is 6.07 Å². The summed E-state index contributed by atoms with van der Waals surface area (Å²) in [6, 6.07) is 9.82. The van der Waals surface area contributed by atoms with E-state index in [0.717, 1.165) is 18.8 Å². The van der Waals surface area contributed by atoms with Crippen LogP contribution in [0.1, 0.15) is 5.56 Å². The predicted molar refractivity (Wildman–Crippen MR) is 69.9 cm³/mol. The van der Waals surface area contributed by atoms with Crippen molar-refractivity contribution in [2.24, 2.45) is 11.8 Å². The maximum atomic E-state index is 11.0. The second-order valence-corrected chi connectivity index (χ2v) is 5.24. The number of benzene rings is 1. The average Bonchev–Trinajstić information content (AvgIpc) is 2.96. The van der Waals surface area contributed by atoms with Gasteiger partial charge in [-0.3, -0.25) is 0 Å². The smallest absolute Gasteiger partial charge is 0.407 e. The Labute approximate surface area is 111 Å². The van der Waals surface area contributed by atoms with Gasteiger partial charge in [0.15, 0.2) is 0 Å². The van der Waals surface area contributed by atoms with Crippen molar-refractivity contribution in [2.45, 2.75) is 0 Å². The third kappa shape index (κ3) is 1.99. The largest absolute Gasteiger partial charge is 0.465 e. The Balaban J connectivity index is 1.76. The molecule has 0 spiro atoms. The van der Waals surface area contributed by atoms with Gasteiger partial charge in [0.05, 0.1) is 11.3 Å². The SMILES string of the molecule is N#Cc1ccccc1N1CC2CN(C(=O)O)CC2C1. The van der Waals surface area contributed by atoms with E-state index in [-0.39, 0.29) is 0 Å². The van der Waals surface area contributed by atoms with Gasteiger partial charge in [-0.05, 0) is 12.1 Å². The first-order chi connectivity index (χ1) is 9.19. The van der Waals surface area contributed by atoms with E-state index < -0.39 is 6.09 Å². The van der Waals surface area contributed by atoms with Crippen molar-refractivity contribution < 1.29 is 9.90 Å². The van der Waals surface area contributed by atoms with Gasteiger partial charge in [0, 0.05) is 38.0 Å². The average molecular weight is 257 g/mol. The number of amides is 1. The summed E-state index contributed by atoms with van der Waals surface area (Å²) in [5.74, 6) is 0.783. The van der Waals surface area contributed by atoms with Crippen LogP contribution in [0.15, 0.2) is 24.3 Å². The minimum absolute atomic E-state index is 0.392. The Kier molecular flexibility index (Phi) is 2.79. The number of nitriles is 1. The molecule has 1 aromatic carbocycles. The van der Waals surface area contributed by atoms with E-state index in [2.05, 4.69) is 11.0 Å². The topological polar surface area (TPSA) is 67.6 Å². The molecule has 2 heterocycles. The van der Waals surface area contributed by atoms with Gasteiger partial charge < -0.3 is 14.9 Å². The van der Waals surface area contributed by atoms with Crippen LogP contribution in [0.3, 0.4) is 0 Å². The van der Waals surface area contributed by atoms with Crippen LogP contribution in [0.25, 0.3) is 0 Å². The maximum absolute atomic E-state index is 11.0. The van der Waals surface area contributed by atoms with Crippen molar-refractivity contribution in [3.05, 3.63) is 29.8 Å². The number of fused-ring (bicyclic) bond motifs is 1. The molecule has 5 heteroatoms. The van der Waals surface area contributed by atoms with Crippen LogP contribution in [-0.4, -0.2) is 42.3 Å². The summed E-state index contributed by atoms with van der Waals surface area (Å²) in [5, 5.41) is 18.1. The molecule has 0 saturated carbocycles. The van der Waals surface area contributed by atoms with Gasteiger partial charge in [-0.1, -0.05) is 12.1 Å². The number of carboxylic acid groups (broad SMARTS) is 1. The van der Waals surface area contributed by atoms with E-state index in [9.17, 15) is 4.79 Å². The normalized spacial score (nSPS) is 25.2. The molecule has 98 valence electrons. The molecule has 0 aromatic heterocycles. The predicted octanol–water partition coefficient (Wildman–Crippen LogP) is 1.60. The van der Waals surface area contributed by atoms with Gasteiger partial charge in [0.2, 0.25) is 0 Å². The Bertz CT molecular complexity index is 538. The molecule has 0 bridgehead atoms. The number of carbonyl (C=O) groups is 1. The second kappa shape index (κ2) is 4.47. The van der Waals surface area contributed by atoms with E-state index in [0.29, 0.717) is 30.5 Å². The van der Waals surface area contributed by atoms with Gasteiger partial charge in [0.25, 0.3) is 0 Å². The van der Waals surface area contributed by atoms with Crippen molar-refractivity contribution in [1.82, 2.24) is 4.90 Å². The van der Waals surface area contributed by atoms with Crippen LogP contribution in [-0.2, 0) is 0 Å². The van der Waals surface area contributed by atoms with Crippen molar-refractivity contribution in [3.63, 3.8) is 0 Å². The lowest BCUT2D eigenvalue weighted by Crippen LogP contribution is -2.32. The molecule has 2 aliphatic rings. The highest BCUT2D eigenvalue weighted by Crippen LogP contribution is 2.34. The molecule has 1 N–H and O–H groups in total. The van der Waals surface area contributed by atoms with Crippen molar-refractivity contribution in [2.75, 3.05) is 31.1 Å². The van der Waals surface area contributed by atoms with Gasteiger partial charge in [-0.25, -0.2) is 4.79 Å². The third-order valence-electron chi connectivity index (χ3n) is 4.12. The number of hydrogen-bond acceptors (Lipinski definition) is 3. The molecule has 2 saturated heterocycles. The fraction of sp³-hybridized carbons (Fsp3) is 0.429. The summed E-state index contributed by atoms with van der Waals surface area (Å²) >= 11 is 0. The lowest BCUT2D eigenvalue weighted by atomic mass is 10.0. The third-order valence-corrected chi connectivity index (χ3v) is 4.12. The maximum Gasteiger partial charge on any atom is 0.407 e. The van der Waals surface area contributed by atoms with E-state index in [1.54, 1.807) is 0 Å².